The molecule has 1 aromatic heterocycles. The maximum Gasteiger partial charge on any atom is 0.328 e. The smallest absolute Gasteiger partial charge is 0.328 e. The number of ether oxygens (including phenoxy) is 2. The summed E-state index contributed by atoms with van der Waals surface area (Å²) in [6.45, 7) is -5.38. The summed E-state index contributed by atoms with van der Waals surface area (Å²) in [6, 6.07) is 7.32. The van der Waals surface area contributed by atoms with Crippen LogP contribution in [0.25, 0.3) is 10.9 Å². The number of likely N-dealkylation sites (N-methyl/N-ethyl adjacent to an activating group) is 1. The van der Waals surface area contributed by atoms with Crippen molar-refractivity contribution in [2.75, 3.05) is 44.3 Å². The zero-order valence-corrected chi connectivity index (χ0v) is 22.5. The molecule has 2 aromatic carbocycles. The topological polar surface area (TPSA) is 163 Å². The highest BCUT2D eigenvalue weighted by molar-refractivity contribution is 6.31. The molecular formula is C28H29ClFN5O7. The predicted molar refractivity (Wildman–Crippen MR) is 155 cm³/mol. The van der Waals surface area contributed by atoms with Crippen molar-refractivity contribution in [3.05, 3.63) is 71.8 Å². The SMILES string of the molecule is O=C(O)/C=C\C(=O)O.[2H]C([2H])([2H])N(C/C=C/C(=O)Nc1cc2c(Nc3ccc(F)c(Cl)c3)ncnc2cc1O[C@H]1CCOC1)C([2H])([2H])[2H]. The Hall–Kier alpha value is -4.59. The van der Waals surface area contributed by atoms with E-state index < -0.39 is 44.2 Å². The van der Waals surface area contributed by atoms with E-state index in [2.05, 4.69) is 20.6 Å². The van der Waals surface area contributed by atoms with Gasteiger partial charge in [0.2, 0.25) is 5.91 Å². The number of nitrogens with one attached hydrogen (secondary N) is 2. The van der Waals surface area contributed by atoms with Crippen LogP contribution in [0.2, 0.25) is 5.02 Å². The van der Waals surface area contributed by atoms with Crippen molar-refractivity contribution < 1.29 is 46.7 Å². The molecule has 1 amide bonds. The molecule has 12 nitrogen and oxygen atoms in total. The third-order valence-corrected chi connectivity index (χ3v) is 5.57. The van der Waals surface area contributed by atoms with Crippen LogP contribution < -0.4 is 15.4 Å². The van der Waals surface area contributed by atoms with E-state index in [9.17, 15) is 18.8 Å². The average Bonchev–Trinajstić information content (AvgIpc) is 3.49. The number of aromatic nitrogens is 2. The first-order valence-corrected chi connectivity index (χ1v) is 12.5. The Kier molecular flexibility index (Phi) is 8.83. The summed E-state index contributed by atoms with van der Waals surface area (Å²) in [7, 11) is 0. The van der Waals surface area contributed by atoms with Gasteiger partial charge in [-0.3, -0.25) is 4.79 Å². The minimum Gasteiger partial charge on any atom is -0.486 e. The Bertz CT molecular complexity index is 1670. The molecule has 0 saturated carbocycles. The fourth-order valence-electron chi connectivity index (χ4n) is 3.46. The lowest BCUT2D eigenvalue weighted by molar-refractivity contribution is -0.134. The number of carbonyl (C=O) groups is 3. The summed E-state index contributed by atoms with van der Waals surface area (Å²) in [5.41, 5.74) is 1.21. The molecule has 0 aliphatic carbocycles. The summed E-state index contributed by atoms with van der Waals surface area (Å²) in [4.78, 5) is 40.8. The number of carbonyl (C=O) groups excluding carboxylic acids is 1. The summed E-state index contributed by atoms with van der Waals surface area (Å²) < 4.78 is 69.7. The van der Waals surface area contributed by atoms with Crippen molar-refractivity contribution in [3.8, 4) is 5.75 Å². The van der Waals surface area contributed by atoms with Gasteiger partial charge in [-0.05, 0) is 38.2 Å². The highest BCUT2D eigenvalue weighted by Gasteiger charge is 2.21. The Morgan fingerprint density at radius 3 is 2.60 bits per heavy atom. The lowest BCUT2D eigenvalue weighted by Crippen LogP contribution is -2.18. The largest absolute Gasteiger partial charge is 0.486 e. The Morgan fingerprint density at radius 1 is 1.19 bits per heavy atom. The molecule has 4 N–H and O–H groups in total. The van der Waals surface area contributed by atoms with Crippen molar-refractivity contribution in [2.24, 2.45) is 0 Å². The van der Waals surface area contributed by atoms with Crippen LogP contribution in [0.4, 0.5) is 21.6 Å². The van der Waals surface area contributed by atoms with Crippen LogP contribution in [0, 0.1) is 5.82 Å². The van der Waals surface area contributed by atoms with Gasteiger partial charge in [0.25, 0.3) is 0 Å². The maximum absolute atomic E-state index is 13.6. The van der Waals surface area contributed by atoms with Crippen LogP contribution in [0.1, 0.15) is 14.6 Å². The van der Waals surface area contributed by atoms with Gasteiger partial charge >= 0.3 is 11.9 Å². The van der Waals surface area contributed by atoms with Gasteiger partial charge in [0.15, 0.2) is 0 Å². The van der Waals surface area contributed by atoms with Gasteiger partial charge in [0.1, 0.15) is 29.8 Å². The number of aliphatic carboxylic acids is 2. The van der Waals surface area contributed by atoms with Crippen molar-refractivity contribution >= 4 is 57.5 Å². The van der Waals surface area contributed by atoms with Crippen molar-refractivity contribution in [3.63, 3.8) is 0 Å². The third-order valence-electron chi connectivity index (χ3n) is 5.28. The monoisotopic (exact) mass is 607 g/mol. The second kappa shape index (κ2) is 15.4. The van der Waals surface area contributed by atoms with Crippen LogP contribution in [0.3, 0.4) is 0 Å². The number of benzene rings is 2. The number of nitrogens with zero attached hydrogens (tertiary/aromatic N) is 3. The number of anilines is 3. The van der Waals surface area contributed by atoms with Crippen LogP contribution in [-0.2, 0) is 19.1 Å². The molecule has 0 radical (unpaired) electrons. The molecule has 1 aliphatic heterocycles. The summed E-state index contributed by atoms with van der Waals surface area (Å²) in [5.74, 6) is -3.08. The van der Waals surface area contributed by atoms with E-state index in [0.29, 0.717) is 64.8 Å². The zero-order chi connectivity index (χ0) is 35.6. The van der Waals surface area contributed by atoms with Gasteiger partial charge in [-0.25, -0.2) is 23.9 Å². The number of halogens is 2. The maximum atomic E-state index is 13.6. The van der Waals surface area contributed by atoms with Gasteiger partial charge in [-0.15, -0.1) is 0 Å². The minimum atomic E-state index is -2.88. The molecule has 1 fully saturated rings. The number of amides is 1. The molecule has 14 heteroatoms. The number of fused-ring (bicyclic) bond motifs is 1. The van der Waals surface area contributed by atoms with Gasteiger partial charge in [-0.2, -0.15) is 0 Å². The van der Waals surface area contributed by atoms with E-state index in [4.69, 9.17) is 39.5 Å². The van der Waals surface area contributed by atoms with E-state index in [1.807, 2.05) is 0 Å². The number of hydrogen-bond acceptors (Lipinski definition) is 9. The average molecular weight is 608 g/mol. The lowest BCUT2D eigenvalue weighted by Gasteiger charge is -2.17. The first-order chi connectivity index (χ1) is 22.4. The fourth-order valence-corrected chi connectivity index (χ4v) is 3.64. The Balaban J connectivity index is 0.000000694. The predicted octanol–water partition coefficient (Wildman–Crippen LogP) is 4.10. The second-order valence-electron chi connectivity index (χ2n) is 8.46. The second-order valence-corrected chi connectivity index (χ2v) is 8.86. The third kappa shape index (κ3) is 10.1. The van der Waals surface area contributed by atoms with E-state index in [-0.39, 0.29) is 16.8 Å². The van der Waals surface area contributed by atoms with E-state index >= 15 is 0 Å². The van der Waals surface area contributed by atoms with E-state index in [1.165, 1.54) is 24.5 Å². The molecule has 1 aliphatic rings. The van der Waals surface area contributed by atoms with Crippen LogP contribution in [-0.4, -0.2) is 82.7 Å². The molecule has 2 heterocycles. The molecular weight excluding hydrogens is 573 g/mol. The quantitative estimate of drug-likeness (QED) is 0.245. The van der Waals surface area contributed by atoms with Gasteiger partial charge in [0.05, 0.1) is 29.4 Å². The molecule has 222 valence electrons. The van der Waals surface area contributed by atoms with E-state index in [0.717, 1.165) is 12.2 Å². The first-order valence-electron chi connectivity index (χ1n) is 15.1. The van der Waals surface area contributed by atoms with Crippen LogP contribution >= 0.6 is 11.6 Å². The van der Waals surface area contributed by atoms with Gasteiger partial charge in [0, 0.05) is 56.6 Å². The molecule has 0 bridgehead atoms. The molecule has 1 atom stereocenters. The summed E-state index contributed by atoms with van der Waals surface area (Å²) in [6.07, 6.45) is 5.03. The normalized spacial score (nSPS) is 17.4. The standard InChI is InChI=1S/C24H25ClFN5O3.C4H4O4/c1-31(2)8-3-4-23(32)30-21-11-17-20(12-22(21)34-16-7-9-33-13-16)27-14-28-24(17)29-15-5-6-19(26)18(25)10-15;5-3(6)1-2-4(7)8/h3-6,10-12,14,16H,7-9,13H2,1-2H3,(H,30,32)(H,27,28,29);1-2H,(H,5,6)(H,7,8)/b4-3+;2-1-/t16-;/m0./s1/i1D3,2D3;. The van der Waals surface area contributed by atoms with E-state index in [1.54, 1.807) is 12.1 Å². The number of carboxylic acid groups (broad SMARTS) is 2. The molecule has 3 aromatic rings. The first kappa shape index (κ1) is 24.1. The summed E-state index contributed by atoms with van der Waals surface area (Å²) >= 11 is 5.90. The van der Waals surface area contributed by atoms with Gasteiger partial charge in [-0.1, -0.05) is 17.7 Å². The van der Waals surface area contributed by atoms with Crippen molar-refractivity contribution in [2.45, 2.75) is 12.5 Å². The molecule has 42 heavy (non-hydrogen) atoms. The molecule has 0 unspecified atom stereocenters. The van der Waals surface area contributed by atoms with Gasteiger partial charge < -0.3 is 35.2 Å². The highest BCUT2D eigenvalue weighted by atomic mass is 35.5. The fraction of sp³-hybridized carbons (Fsp3) is 0.250. The lowest BCUT2D eigenvalue weighted by atomic mass is 10.1. The molecule has 1 saturated heterocycles. The van der Waals surface area contributed by atoms with Crippen molar-refractivity contribution in [1.29, 1.82) is 0 Å². The molecule has 4 rings (SSSR count). The van der Waals surface area contributed by atoms with Crippen LogP contribution in [0.5, 0.6) is 5.75 Å². The van der Waals surface area contributed by atoms with Crippen LogP contribution in [0.15, 0.2) is 61.0 Å². The zero-order valence-electron chi connectivity index (χ0n) is 27.7. The summed E-state index contributed by atoms with van der Waals surface area (Å²) in [5, 5.41) is 21.8. The number of hydrogen-bond donors (Lipinski definition) is 4. The Morgan fingerprint density at radius 2 is 1.95 bits per heavy atom. The van der Waals surface area contributed by atoms with Crippen molar-refractivity contribution in [1.82, 2.24) is 14.9 Å². The Labute approximate surface area is 253 Å². The number of rotatable bonds is 10. The minimum absolute atomic E-state index is 0.0758. The number of carboxylic acids is 2. The molecule has 0 spiro atoms. The highest BCUT2D eigenvalue weighted by Crippen LogP contribution is 2.35.